The number of rotatable bonds is 6. The molecule has 0 amide bonds. The SMILES string of the molecule is CCNCc1ccc(CN2CCOC(CC)C2)s1. The smallest absolute Gasteiger partial charge is 0.0700 e. The fourth-order valence-electron chi connectivity index (χ4n) is 2.24. The standard InChI is InChI=1S/C14H24N2OS/c1-3-12-10-16(7-8-17-12)11-14-6-5-13(18-14)9-15-4-2/h5-6,12,15H,3-4,7-11H2,1-2H3. The van der Waals surface area contributed by atoms with Crippen LogP contribution >= 0.6 is 11.3 Å². The molecule has 102 valence electrons. The number of morpholine rings is 1. The first-order valence-corrected chi connectivity index (χ1v) is 7.75. The van der Waals surface area contributed by atoms with Gasteiger partial charge in [-0.25, -0.2) is 0 Å². The summed E-state index contributed by atoms with van der Waals surface area (Å²) in [6.07, 6.45) is 1.55. The monoisotopic (exact) mass is 268 g/mol. The normalized spacial score (nSPS) is 21.3. The molecule has 0 spiro atoms. The van der Waals surface area contributed by atoms with Crippen LogP contribution in [0.15, 0.2) is 12.1 Å². The van der Waals surface area contributed by atoms with Gasteiger partial charge in [-0.1, -0.05) is 13.8 Å². The van der Waals surface area contributed by atoms with Gasteiger partial charge < -0.3 is 10.1 Å². The van der Waals surface area contributed by atoms with Crippen LogP contribution in [0.5, 0.6) is 0 Å². The lowest BCUT2D eigenvalue weighted by molar-refractivity contribution is -0.0321. The molecule has 1 aliphatic heterocycles. The predicted molar refractivity (Wildman–Crippen MR) is 77.0 cm³/mol. The Morgan fingerprint density at radius 3 is 3.00 bits per heavy atom. The fraction of sp³-hybridized carbons (Fsp3) is 0.714. The highest BCUT2D eigenvalue weighted by Crippen LogP contribution is 2.20. The Balaban J connectivity index is 1.83. The predicted octanol–water partition coefficient (Wildman–Crippen LogP) is 2.47. The summed E-state index contributed by atoms with van der Waals surface area (Å²) in [7, 11) is 0. The summed E-state index contributed by atoms with van der Waals surface area (Å²) in [5.41, 5.74) is 0. The van der Waals surface area contributed by atoms with Gasteiger partial charge in [-0.3, -0.25) is 4.90 Å². The molecule has 3 nitrogen and oxygen atoms in total. The summed E-state index contributed by atoms with van der Waals surface area (Å²) in [5, 5.41) is 3.37. The molecule has 18 heavy (non-hydrogen) atoms. The fourth-order valence-corrected chi connectivity index (χ4v) is 3.27. The molecule has 0 aromatic carbocycles. The summed E-state index contributed by atoms with van der Waals surface area (Å²) >= 11 is 1.93. The average Bonchev–Trinajstić information content (AvgIpc) is 2.84. The van der Waals surface area contributed by atoms with Crippen LogP contribution in [-0.2, 0) is 17.8 Å². The van der Waals surface area contributed by atoms with Gasteiger partial charge in [-0.2, -0.15) is 0 Å². The van der Waals surface area contributed by atoms with E-state index in [-0.39, 0.29) is 0 Å². The first-order valence-electron chi connectivity index (χ1n) is 6.94. The lowest BCUT2D eigenvalue weighted by Gasteiger charge is -2.32. The van der Waals surface area contributed by atoms with Gasteiger partial charge in [0, 0.05) is 35.9 Å². The molecule has 1 atom stereocenters. The molecule has 0 saturated carbocycles. The maximum absolute atomic E-state index is 5.71. The van der Waals surface area contributed by atoms with E-state index in [4.69, 9.17) is 4.74 Å². The molecule has 1 saturated heterocycles. The van der Waals surface area contributed by atoms with Gasteiger partial charge >= 0.3 is 0 Å². The largest absolute Gasteiger partial charge is 0.376 e. The van der Waals surface area contributed by atoms with Crippen LogP contribution in [0.3, 0.4) is 0 Å². The van der Waals surface area contributed by atoms with E-state index in [1.165, 1.54) is 9.75 Å². The second kappa shape index (κ2) is 7.24. The average molecular weight is 268 g/mol. The molecule has 1 aromatic rings. The molecule has 2 rings (SSSR count). The quantitative estimate of drug-likeness (QED) is 0.858. The van der Waals surface area contributed by atoms with Crippen molar-refractivity contribution in [2.24, 2.45) is 0 Å². The van der Waals surface area contributed by atoms with Crippen LogP contribution < -0.4 is 5.32 Å². The molecule has 4 heteroatoms. The number of hydrogen-bond acceptors (Lipinski definition) is 4. The van der Waals surface area contributed by atoms with E-state index < -0.39 is 0 Å². The maximum atomic E-state index is 5.71. The number of hydrogen-bond donors (Lipinski definition) is 1. The van der Waals surface area contributed by atoms with E-state index >= 15 is 0 Å². The molecule has 1 aromatic heterocycles. The van der Waals surface area contributed by atoms with Crippen LogP contribution in [-0.4, -0.2) is 37.2 Å². The molecule has 0 radical (unpaired) electrons. The molecule has 0 aliphatic carbocycles. The van der Waals surface area contributed by atoms with E-state index in [0.29, 0.717) is 6.10 Å². The first-order chi connectivity index (χ1) is 8.81. The number of thiophene rings is 1. The molecule has 0 bridgehead atoms. The minimum Gasteiger partial charge on any atom is -0.376 e. The van der Waals surface area contributed by atoms with Crippen molar-refractivity contribution in [1.82, 2.24) is 10.2 Å². The second-order valence-electron chi connectivity index (χ2n) is 4.78. The van der Waals surface area contributed by atoms with Gasteiger partial charge in [-0.15, -0.1) is 11.3 Å². The van der Waals surface area contributed by atoms with Crippen molar-refractivity contribution in [2.75, 3.05) is 26.2 Å². The van der Waals surface area contributed by atoms with E-state index in [9.17, 15) is 0 Å². The van der Waals surface area contributed by atoms with Crippen molar-refractivity contribution in [2.45, 2.75) is 39.5 Å². The molecular weight excluding hydrogens is 244 g/mol. The molecule has 2 heterocycles. The van der Waals surface area contributed by atoms with E-state index in [0.717, 1.165) is 45.8 Å². The minimum atomic E-state index is 0.431. The van der Waals surface area contributed by atoms with Gasteiger partial charge in [-0.05, 0) is 25.1 Å². The lowest BCUT2D eigenvalue weighted by atomic mass is 10.2. The second-order valence-corrected chi connectivity index (χ2v) is 6.04. The number of nitrogens with one attached hydrogen (secondary N) is 1. The molecule has 1 unspecified atom stereocenters. The zero-order chi connectivity index (χ0) is 12.8. The van der Waals surface area contributed by atoms with Gasteiger partial charge in [0.15, 0.2) is 0 Å². The summed E-state index contributed by atoms with van der Waals surface area (Å²) in [4.78, 5) is 5.42. The van der Waals surface area contributed by atoms with Crippen molar-refractivity contribution in [3.63, 3.8) is 0 Å². The molecule has 1 fully saturated rings. The van der Waals surface area contributed by atoms with Crippen molar-refractivity contribution >= 4 is 11.3 Å². The van der Waals surface area contributed by atoms with Gasteiger partial charge in [0.1, 0.15) is 0 Å². The topological polar surface area (TPSA) is 24.5 Å². The van der Waals surface area contributed by atoms with E-state index in [1.807, 2.05) is 11.3 Å². The Kier molecular flexibility index (Phi) is 5.63. The molecule has 1 N–H and O–H groups in total. The Labute approximate surface area is 114 Å². The summed E-state index contributed by atoms with van der Waals surface area (Å²) in [5.74, 6) is 0. The zero-order valence-corrected chi connectivity index (χ0v) is 12.3. The van der Waals surface area contributed by atoms with Gasteiger partial charge in [0.05, 0.1) is 12.7 Å². The van der Waals surface area contributed by atoms with Crippen LogP contribution in [0.4, 0.5) is 0 Å². The summed E-state index contributed by atoms with van der Waals surface area (Å²) in [6, 6.07) is 4.52. The van der Waals surface area contributed by atoms with Crippen molar-refractivity contribution in [1.29, 1.82) is 0 Å². The van der Waals surface area contributed by atoms with Gasteiger partial charge in [0.25, 0.3) is 0 Å². The summed E-state index contributed by atoms with van der Waals surface area (Å²) in [6.45, 7) is 10.5. The highest BCUT2D eigenvalue weighted by Gasteiger charge is 2.19. The van der Waals surface area contributed by atoms with Crippen molar-refractivity contribution in [3.05, 3.63) is 21.9 Å². The Morgan fingerprint density at radius 2 is 2.22 bits per heavy atom. The highest BCUT2D eigenvalue weighted by molar-refractivity contribution is 7.11. The number of ether oxygens (including phenoxy) is 1. The van der Waals surface area contributed by atoms with E-state index in [1.54, 1.807) is 0 Å². The third-order valence-corrected chi connectivity index (χ3v) is 4.39. The van der Waals surface area contributed by atoms with Crippen LogP contribution in [0.1, 0.15) is 30.0 Å². The highest BCUT2D eigenvalue weighted by atomic mass is 32.1. The Hall–Kier alpha value is -0.420. The third-order valence-electron chi connectivity index (χ3n) is 3.32. The van der Waals surface area contributed by atoms with Crippen molar-refractivity contribution in [3.8, 4) is 0 Å². The zero-order valence-electron chi connectivity index (χ0n) is 11.4. The van der Waals surface area contributed by atoms with Crippen LogP contribution in [0, 0.1) is 0 Å². The third kappa shape index (κ3) is 4.05. The number of nitrogens with zero attached hydrogens (tertiary/aromatic N) is 1. The van der Waals surface area contributed by atoms with Crippen LogP contribution in [0.25, 0.3) is 0 Å². The lowest BCUT2D eigenvalue weighted by Crippen LogP contribution is -2.41. The first kappa shape index (κ1) is 14.0. The Morgan fingerprint density at radius 1 is 1.39 bits per heavy atom. The van der Waals surface area contributed by atoms with E-state index in [2.05, 4.69) is 36.2 Å². The van der Waals surface area contributed by atoms with Crippen molar-refractivity contribution < 1.29 is 4.74 Å². The van der Waals surface area contributed by atoms with Gasteiger partial charge in [0.2, 0.25) is 0 Å². The molecule has 1 aliphatic rings. The molecular formula is C14H24N2OS. The summed E-state index contributed by atoms with van der Waals surface area (Å²) < 4.78 is 5.71. The van der Waals surface area contributed by atoms with Crippen LogP contribution in [0.2, 0.25) is 0 Å². The minimum absolute atomic E-state index is 0.431. The Bertz CT molecular complexity index is 353. The maximum Gasteiger partial charge on any atom is 0.0700 e.